The summed E-state index contributed by atoms with van der Waals surface area (Å²) < 4.78 is 0. The van der Waals surface area contributed by atoms with Gasteiger partial charge in [-0.2, -0.15) is 0 Å². The van der Waals surface area contributed by atoms with Crippen LogP contribution in [0.2, 0.25) is 0 Å². The average Bonchev–Trinajstić information content (AvgIpc) is 2.75. The van der Waals surface area contributed by atoms with Crippen molar-refractivity contribution in [3.05, 3.63) is 42.4 Å². The van der Waals surface area contributed by atoms with Crippen molar-refractivity contribution in [1.29, 1.82) is 0 Å². The number of piperidine rings is 2. The highest BCUT2D eigenvalue weighted by molar-refractivity contribution is 6.03. The summed E-state index contributed by atoms with van der Waals surface area (Å²) in [5.41, 5.74) is 2.41. The summed E-state index contributed by atoms with van der Waals surface area (Å²) in [4.78, 5) is 25.9. The summed E-state index contributed by atoms with van der Waals surface area (Å²) >= 11 is 0. The molecule has 6 nitrogen and oxygen atoms in total. The van der Waals surface area contributed by atoms with Gasteiger partial charge >= 0.3 is 0 Å². The van der Waals surface area contributed by atoms with Crippen LogP contribution in [0.15, 0.2) is 36.7 Å². The maximum absolute atomic E-state index is 12.7. The van der Waals surface area contributed by atoms with E-state index in [1.54, 1.807) is 6.07 Å². The third kappa shape index (κ3) is 4.86. The second-order valence-electron chi connectivity index (χ2n) is 8.60. The Kier molecular flexibility index (Phi) is 5.97. The summed E-state index contributed by atoms with van der Waals surface area (Å²) in [7, 11) is 0. The second kappa shape index (κ2) is 8.80. The summed E-state index contributed by atoms with van der Waals surface area (Å²) in [6.45, 7) is 8.78. The molecule has 1 aromatic carbocycles. The normalized spacial score (nSPS) is 18.7. The number of benzene rings is 1. The molecule has 2 aromatic rings. The molecule has 29 heavy (non-hydrogen) atoms. The predicted molar refractivity (Wildman–Crippen MR) is 118 cm³/mol. The predicted octanol–water partition coefficient (Wildman–Crippen LogP) is 4.20. The molecule has 0 spiro atoms. The zero-order valence-corrected chi connectivity index (χ0v) is 17.5. The lowest BCUT2D eigenvalue weighted by Gasteiger charge is -2.32. The number of hydrogen-bond donors (Lipinski definition) is 1. The van der Waals surface area contributed by atoms with Crippen molar-refractivity contribution < 1.29 is 4.79 Å². The highest BCUT2D eigenvalue weighted by Gasteiger charge is 2.19. The van der Waals surface area contributed by atoms with Gasteiger partial charge in [-0.1, -0.05) is 13.8 Å². The van der Waals surface area contributed by atoms with E-state index in [4.69, 9.17) is 0 Å². The molecular weight excluding hydrogens is 362 g/mol. The van der Waals surface area contributed by atoms with E-state index in [2.05, 4.69) is 51.1 Å². The Morgan fingerprint density at radius 1 is 0.897 bits per heavy atom. The number of hydrogen-bond acceptors (Lipinski definition) is 5. The van der Waals surface area contributed by atoms with Gasteiger partial charge < -0.3 is 15.1 Å². The first-order chi connectivity index (χ1) is 14.1. The fourth-order valence-corrected chi connectivity index (χ4v) is 4.10. The molecule has 6 heteroatoms. The van der Waals surface area contributed by atoms with Crippen LogP contribution >= 0.6 is 0 Å². The van der Waals surface area contributed by atoms with Crippen molar-refractivity contribution in [2.75, 3.05) is 41.3 Å². The number of nitrogens with zero attached hydrogens (tertiary/aromatic N) is 4. The summed E-state index contributed by atoms with van der Waals surface area (Å²) in [5, 5.41) is 2.97. The van der Waals surface area contributed by atoms with Gasteiger partial charge in [-0.05, 0) is 61.8 Å². The molecule has 0 bridgehead atoms. The number of anilines is 3. The Balaban J connectivity index is 1.38. The van der Waals surface area contributed by atoms with Crippen LogP contribution in [0, 0.1) is 11.8 Å². The first kappa shape index (κ1) is 19.7. The molecule has 0 radical (unpaired) electrons. The standard InChI is InChI=1S/C23H31N5O/c1-17-7-11-27(12-8-17)20-5-3-19(4-6-20)26-23(29)21-15-22(25-16-24-21)28-13-9-18(2)10-14-28/h3-6,15-18H,7-14H2,1-2H3,(H,26,29). The Morgan fingerprint density at radius 3 is 2.10 bits per heavy atom. The molecule has 2 aliphatic heterocycles. The van der Waals surface area contributed by atoms with E-state index in [0.29, 0.717) is 5.69 Å². The molecule has 0 unspecified atom stereocenters. The third-order valence-electron chi connectivity index (χ3n) is 6.27. The molecule has 0 saturated carbocycles. The van der Waals surface area contributed by atoms with Crippen LogP contribution in [0.25, 0.3) is 0 Å². The lowest BCUT2D eigenvalue weighted by atomic mass is 9.99. The molecule has 1 aromatic heterocycles. The first-order valence-corrected chi connectivity index (χ1v) is 10.8. The van der Waals surface area contributed by atoms with Gasteiger partial charge in [-0.3, -0.25) is 4.79 Å². The van der Waals surface area contributed by atoms with Crippen LogP contribution in [0.5, 0.6) is 0 Å². The monoisotopic (exact) mass is 393 g/mol. The minimum Gasteiger partial charge on any atom is -0.372 e. The van der Waals surface area contributed by atoms with E-state index in [9.17, 15) is 4.79 Å². The van der Waals surface area contributed by atoms with Gasteiger partial charge in [0.05, 0.1) is 0 Å². The fourth-order valence-electron chi connectivity index (χ4n) is 4.10. The molecule has 1 N–H and O–H groups in total. The van der Waals surface area contributed by atoms with Crippen molar-refractivity contribution in [1.82, 2.24) is 9.97 Å². The molecule has 1 amide bonds. The Morgan fingerprint density at radius 2 is 1.48 bits per heavy atom. The molecule has 3 heterocycles. The molecule has 4 rings (SSSR count). The van der Waals surface area contributed by atoms with Gasteiger partial charge in [0.15, 0.2) is 0 Å². The van der Waals surface area contributed by atoms with Crippen LogP contribution in [-0.4, -0.2) is 42.1 Å². The van der Waals surface area contributed by atoms with Gasteiger partial charge in [-0.15, -0.1) is 0 Å². The number of nitrogens with one attached hydrogen (secondary N) is 1. The molecule has 0 aliphatic carbocycles. The van der Waals surface area contributed by atoms with E-state index < -0.39 is 0 Å². The number of carbonyl (C=O) groups is 1. The SMILES string of the molecule is CC1CCN(c2ccc(NC(=O)c3cc(N4CCC(C)CC4)ncn3)cc2)CC1. The van der Waals surface area contributed by atoms with E-state index in [1.807, 2.05) is 12.1 Å². The summed E-state index contributed by atoms with van der Waals surface area (Å²) in [6, 6.07) is 9.92. The molecule has 2 aliphatic rings. The Labute approximate surface area is 173 Å². The van der Waals surface area contributed by atoms with Crippen LogP contribution in [0.1, 0.15) is 50.0 Å². The highest BCUT2D eigenvalue weighted by atomic mass is 16.1. The molecule has 2 fully saturated rings. The lowest BCUT2D eigenvalue weighted by molar-refractivity contribution is 0.102. The fraction of sp³-hybridized carbons (Fsp3) is 0.522. The summed E-state index contributed by atoms with van der Waals surface area (Å²) in [6.07, 6.45) is 6.29. The van der Waals surface area contributed by atoms with Crippen molar-refractivity contribution in [2.24, 2.45) is 11.8 Å². The number of aromatic nitrogens is 2. The summed E-state index contributed by atoms with van der Waals surface area (Å²) in [5.74, 6) is 2.22. The molecule has 0 atom stereocenters. The maximum Gasteiger partial charge on any atom is 0.274 e. The van der Waals surface area contributed by atoms with Crippen LogP contribution in [0.3, 0.4) is 0 Å². The topological polar surface area (TPSA) is 61.4 Å². The van der Waals surface area contributed by atoms with Crippen molar-refractivity contribution in [3.63, 3.8) is 0 Å². The van der Waals surface area contributed by atoms with E-state index in [-0.39, 0.29) is 5.91 Å². The van der Waals surface area contributed by atoms with Crippen LogP contribution in [-0.2, 0) is 0 Å². The largest absolute Gasteiger partial charge is 0.372 e. The number of amides is 1. The Hall–Kier alpha value is -2.63. The van der Waals surface area contributed by atoms with Crippen LogP contribution in [0.4, 0.5) is 17.2 Å². The Bertz CT molecular complexity index is 821. The van der Waals surface area contributed by atoms with Crippen molar-refractivity contribution in [2.45, 2.75) is 39.5 Å². The van der Waals surface area contributed by atoms with Gasteiger partial charge in [0.2, 0.25) is 0 Å². The number of carbonyl (C=O) groups excluding carboxylic acids is 1. The quantitative estimate of drug-likeness (QED) is 0.843. The van der Waals surface area contributed by atoms with Gasteiger partial charge in [-0.25, -0.2) is 9.97 Å². The molecule has 154 valence electrons. The van der Waals surface area contributed by atoms with Gasteiger partial charge in [0, 0.05) is 43.6 Å². The zero-order valence-electron chi connectivity index (χ0n) is 17.5. The van der Waals surface area contributed by atoms with E-state index in [1.165, 1.54) is 24.9 Å². The lowest BCUT2D eigenvalue weighted by Crippen LogP contribution is -2.33. The maximum atomic E-state index is 12.7. The molecular formula is C23H31N5O. The smallest absolute Gasteiger partial charge is 0.274 e. The van der Waals surface area contributed by atoms with Crippen LogP contribution < -0.4 is 15.1 Å². The van der Waals surface area contributed by atoms with Crippen molar-refractivity contribution >= 4 is 23.1 Å². The van der Waals surface area contributed by atoms with E-state index >= 15 is 0 Å². The van der Waals surface area contributed by atoms with Gasteiger partial charge in [0.25, 0.3) is 5.91 Å². The second-order valence-corrected chi connectivity index (χ2v) is 8.60. The zero-order chi connectivity index (χ0) is 20.2. The minimum absolute atomic E-state index is 0.196. The van der Waals surface area contributed by atoms with Gasteiger partial charge in [0.1, 0.15) is 17.8 Å². The minimum atomic E-state index is -0.196. The molecule has 2 saturated heterocycles. The van der Waals surface area contributed by atoms with E-state index in [0.717, 1.165) is 62.4 Å². The van der Waals surface area contributed by atoms with Crippen molar-refractivity contribution in [3.8, 4) is 0 Å². The average molecular weight is 394 g/mol. The number of rotatable bonds is 4. The highest BCUT2D eigenvalue weighted by Crippen LogP contribution is 2.25. The third-order valence-corrected chi connectivity index (χ3v) is 6.27. The first-order valence-electron chi connectivity index (χ1n) is 10.8.